The van der Waals surface area contributed by atoms with Gasteiger partial charge in [-0.05, 0) is 16.9 Å². The van der Waals surface area contributed by atoms with E-state index < -0.39 is 0 Å². The SMILES string of the molecule is CCCCC/C(Cl)=C\I. The van der Waals surface area contributed by atoms with Crippen LogP contribution < -0.4 is 0 Å². The lowest BCUT2D eigenvalue weighted by Gasteiger charge is -1.94. The van der Waals surface area contributed by atoms with Crippen LogP contribution in [0.15, 0.2) is 9.12 Å². The van der Waals surface area contributed by atoms with Crippen molar-refractivity contribution in [3.05, 3.63) is 9.12 Å². The van der Waals surface area contributed by atoms with Gasteiger partial charge >= 0.3 is 0 Å². The molecule has 0 atom stereocenters. The molecule has 0 amide bonds. The number of allylic oxidation sites excluding steroid dienone is 1. The minimum atomic E-state index is 0.990. The Morgan fingerprint density at radius 2 is 2.22 bits per heavy atom. The Kier molecular flexibility index (Phi) is 7.45. The summed E-state index contributed by atoms with van der Waals surface area (Å²) in [7, 11) is 0. The molecule has 2 heteroatoms. The van der Waals surface area contributed by atoms with Gasteiger partial charge in [0.2, 0.25) is 0 Å². The summed E-state index contributed by atoms with van der Waals surface area (Å²) in [6.07, 6.45) is 4.85. The van der Waals surface area contributed by atoms with Crippen LogP contribution in [0.5, 0.6) is 0 Å². The Balaban J connectivity index is 3.07. The minimum Gasteiger partial charge on any atom is -0.0887 e. The van der Waals surface area contributed by atoms with Crippen molar-refractivity contribution in [1.29, 1.82) is 0 Å². The van der Waals surface area contributed by atoms with E-state index in [1.165, 1.54) is 19.3 Å². The maximum atomic E-state index is 5.75. The number of rotatable bonds is 4. The van der Waals surface area contributed by atoms with Crippen LogP contribution in [-0.4, -0.2) is 0 Å². The van der Waals surface area contributed by atoms with Gasteiger partial charge in [-0.3, -0.25) is 0 Å². The van der Waals surface area contributed by atoms with E-state index in [-0.39, 0.29) is 0 Å². The lowest BCUT2D eigenvalue weighted by molar-refractivity contribution is 0.725. The van der Waals surface area contributed by atoms with Crippen LogP contribution >= 0.6 is 34.2 Å². The highest BCUT2D eigenvalue weighted by molar-refractivity contribution is 14.1. The van der Waals surface area contributed by atoms with Crippen molar-refractivity contribution < 1.29 is 0 Å². The molecule has 0 aliphatic carbocycles. The van der Waals surface area contributed by atoms with Crippen LogP contribution in [0.1, 0.15) is 32.6 Å². The van der Waals surface area contributed by atoms with Crippen molar-refractivity contribution in [1.82, 2.24) is 0 Å². The molecule has 0 aliphatic rings. The predicted octanol–water partition coefficient (Wildman–Crippen LogP) is 4.08. The zero-order valence-corrected chi connectivity index (χ0v) is 8.58. The molecule has 0 saturated heterocycles. The lowest BCUT2D eigenvalue weighted by Crippen LogP contribution is -1.73. The summed E-state index contributed by atoms with van der Waals surface area (Å²) in [5.41, 5.74) is 0. The highest BCUT2D eigenvalue weighted by Gasteiger charge is 1.89. The smallest absolute Gasteiger partial charge is 0.0241 e. The highest BCUT2D eigenvalue weighted by Crippen LogP contribution is 2.14. The van der Waals surface area contributed by atoms with Gasteiger partial charge in [0.15, 0.2) is 0 Å². The van der Waals surface area contributed by atoms with E-state index in [0.717, 1.165) is 11.5 Å². The van der Waals surface area contributed by atoms with Gasteiger partial charge in [-0.15, -0.1) is 0 Å². The molecule has 0 bridgehead atoms. The molecule has 0 rings (SSSR count). The van der Waals surface area contributed by atoms with E-state index in [4.69, 9.17) is 11.6 Å². The molecule has 0 heterocycles. The molecule has 0 aromatic rings. The van der Waals surface area contributed by atoms with Gasteiger partial charge in [0.05, 0.1) is 0 Å². The average molecular weight is 259 g/mol. The molecule has 9 heavy (non-hydrogen) atoms. The van der Waals surface area contributed by atoms with Crippen molar-refractivity contribution in [2.24, 2.45) is 0 Å². The van der Waals surface area contributed by atoms with E-state index in [9.17, 15) is 0 Å². The molecule has 0 saturated carbocycles. The van der Waals surface area contributed by atoms with Crippen molar-refractivity contribution in [3.63, 3.8) is 0 Å². The monoisotopic (exact) mass is 258 g/mol. The second-order valence-corrected chi connectivity index (χ2v) is 3.12. The van der Waals surface area contributed by atoms with Crippen molar-refractivity contribution in [2.75, 3.05) is 0 Å². The highest BCUT2D eigenvalue weighted by atomic mass is 127. The third kappa shape index (κ3) is 6.65. The first-order valence-electron chi connectivity index (χ1n) is 3.26. The second-order valence-electron chi connectivity index (χ2n) is 2.01. The fraction of sp³-hybridized carbons (Fsp3) is 0.714. The summed E-state index contributed by atoms with van der Waals surface area (Å²) in [4.78, 5) is 0. The molecular formula is C7H12ClI. The van der Waals surface area contributed by atoms with Gasteiger partial charge in [0.1, 0.15) is 0 Å². The number of hydrogen-bond donors (Lipinski definition) is 0. The van der Waals surface area contributed by atoms with Crippen molar-refractivity contribution >= 4 is 34.2 Å². The first-order chi connectivity index (χ1) is 4.31. The van der Waals surface area contributed by atoms with E-state index in [2.05, 4.69) is 29.5 Å². The van der Waals surface area contributed by atoms with Gasteiger partial charge in [0.25, 0.3) is 0 Å². The van der Waals surface area contributed by atoms with Crippen LogP contribution in [0.3, 0.4) is 0 Å². The average Bonchev–Trinajstić information content (AvgIpc) is 1.89. The fourth-order valence-electron chi connectivity index (χ4n) is 0.598. The Hall–Kier alpha value is 0.760. The van der Waals surface area contributed by atoms with Gasteiger partial charge in [-0.25, -0.2) is 0 Å². The second kappa shape index (κ2) is 6.87. The molecule has 0 spiro atoms. The van der Waals surface area contributed by atoms with Gasteiger partial charge in [-0.2, -0.15) is 0 Å². The van der Waals surface area contributed by atoms with E-state index in [0.29, 0.717) is 0 Å². The minimum absolute atomic E-state index is 0.990. The predicted molar refractivity (Wildman–Crippen MR) is 52.1 cm³/mol. The molecule has 0 aromatic carbocycles. The summed E-state index contributed by atoms with van der Waals surface area (Å²) >= 11 is 7.93. The largest absolute Gasteiger partial charge is 0.0887 e. The van der Waals surface area contributed by atoms with Crippen LogP contribution in [-0.2, 0) is 0 Å². The fourth-order valence-corrected chi connectivity index (χ4v) is 1.04. The quantitative estimate of drug-likeness (QED) is 0.526. The standard InChI is InChI=1S/C7H12ClI/c1-2-3-4-5-7(8)6-9/h6H,2-5H2,1H3/b7-6+. The molecule has 0 nitrogen and oxygen atoms in total. The van der Waals surface area contributed by atoms with Crippen molar-refractivity contribution in [3.8, 4) is 0 Å². The summed E-state index contributed by atoms with van der Waals surface area (Å²) in [5, 5.41) is 0.990. The van der Waals surface area contributed by atoms with E-state index in [1.807, 2.05) is 4.08 Å². The van der Waals surface area contributed by atoms with Crippen LogP contribution in [0, 0.1) is 0 Å². The Morgan fingerprint density at radius 3 is 2.67 bits per heavy atom. The molecule has 0 radical (unpaired) electrons. The molecule has 0 N–H and O–H groups in total. The molecular weight excluding hydrogens is 246 g/mol. The van der Waals surface area contributed by atoms with Crippen molar-refractivity contribution in [2.45, 2.75) is 32.6 Å². The number of unbranched alkanes of at least 4 members (excludes halogenated alkanes) is 2. The Labute approximate surface area is 75.8 Å². The first kappa shape index (κ1) is 9.76. The third-order valence-electron chi connectivity index (χ3n) is 1.14. The first-order valence-corrected chi connectivity index (χ1v) is 4.88. The Bertz CT molecular complexity index is 88.9. The summed E-state index contributed by atoms with van der Waals surface area (Å²) in [6, 6.07) is 0. The van der Waals surface area contributed by atoms with Crippen LogP contribution in [0.4, 0.5) is 0 Å². The van der Waals surface area contributed by atoms with Crippen LogP contribution in [0.25, 0.3) is 0 Å². The zero-order valence-electron chi connectivity index (χ0n) is 5.66. The third-order valence-corrected chi connectivity index (χ3v) is 2.56. The maximum absolute atomic E-state index is 5.75. The normalized spacial score (nSPS) is 12.1. The molecule has 0 fully saturated rings. The molecule has 0 unspecified atom stereocenters. The summed E-state index contributed by atoms with van der Waals surface area (Å²) in [5.74, 6) is 0. The molecule has 54 valence electrons. The van der Waals surface area contributed by atoms with E-state index >= 15 is 0 Å². The van der Waals surface area contributed by atoms with Gasteiger partial charge in [-0.1, -0.05) is 54.0 Å². The maximum Gasteiger partial charge on any atom is 0.0241 e. The van der Waals surface area contributed by atoms with Gasteiger partial charge < -0.3 is 0 Å². The number of halogens is 2. The molecule has 0 aliphatic heterocycles. The Morgan fingerprint density at radius 1 is 1.56 bits per heavy atom. The topological polar surface area (TPSA) is 0 Å². The number of hydrogen-bond acceptors (Lipinski definition) is 0. The zero-order chi connectivity index (χ0) is 7.11. The van der Waals surface area contributed by atoms with E-state index in [1.54, 1.807) is 0 Å². The van der Waals surface area contributed by atoms with Crippen LogP contribution in [0.2, 0.25) is 0 Å². The lowest BCUT2D eigenvalue weighted by atomic mass is 10.2. The molecule has 0 aromatic heterocycles. The summed E-state index contributed by atoms with van der Waals surface area (Å²) in [6.45, 7) is 2.20. The van der Waals surface area contributed by atoms with Gasteiger partial charge in [0, 0.05) is 5.03 Å². The summed E-state index contributed by atoms with van der Waals surface area (Å²) < 4.78 is 1.94.